The van der Waals surface area contributed by atoms with Crippen LogP contribution < -0.4 is 0 Å². The van der Waals surface area contributed by atoms with Gasteiger partial charge in [-0.2, -0.15) is 5.26 Å². The standard InChI is InChI=1S/C13H15NO3/c1-2-9-8-11(12(15)13(16)17)6-5-10(9)4-3-7-14/h5-6,8,12,15H,2-4H2,1H3,(H,16,17). The topological polar surface area (TPSA) is 81.3 Å². The van der Waals surface area contributed by atoms with Crippen molar-refractivity contribution in [2.75, 3.05) is 0 Å². The van der Waals surface area contributed by atoms with Crippen LogP contribution in [0.4, 0.5) is 0 Å². The molecule has 90 valence electrons. The Labute approximate surface area is 100 Å². The highest BCUT2D eigenvalue weighted by Gasteiger charge is 2.16. The van der Waals surface area contributed by atoms with Gasteiger partial charge >= 0.3 is 5.97 Å². The maximum atomic E-state index is 10.7. The van der Waals surface area contributed by atoms with Gasteiger partial charge in [0, 0.05) is 6.42 Å². The molecular weight excluding hydrogens is 218 g/mol. The first kappa shape index (κ1) is 13.2. The molecule has 1 atom stereocenters. The number of hydrogen-bond acceptors (Lipinski definition) is 3. The van der Waals surface area contributed by atoms with Crippen molar-refractivity contribution >= 4 is 5.97 Å². The first-order valence-corrected chi connectivity index (χ1v) is 5.49. The average Bonchev–Trinajstić information content (AvgIpc) is 2.35. The van der Waals surface area contributed by atoms with Gasteiger partial charge in [0.05, 0.1) is 6.07 Å². The number of aliphatic carboxylic acids is 1. The van der Waals surface area contributed by atoms with E-state index in [-0.39, 0.29) is 0 Å². The molecule has 0 spiro atoms. The van der Waals surface area contributed by atoms with Crippen LogP contribution in [0.15, 0.2) is 18.2 Å². The lowest BCUT2D eigenvalue weighted by Gasteiger charge is -2.11. The summed E-state index contributed by atoms with van der Waals surface area (Å²) >= 11 is 0. The van der Waals surface area contributed by atoms with Gasteiger partial charge in [-0.3, -0.25) is 0 Å². The normalized spacial score (nSPS) is 11.8. The van der Waals surface area contributed by atoms with Crippen LogP contribution in [0.2, 0.25) is 0 Å². The van der Waals surface area contributed by atoms with Gasteiger partial charge in [-0.25, -0.2) is 4.79 Å². The molecule has 2 N–H and O–H groups in total. The first-order valence-electron chi connectivity index (χ1n) is 5.49. The zero-order valence-electron chi connectivity index (χ0n) is 9.68. The molecule has 17 heavy (non-hydrogen) atoms. The fourth-order valence-electron chi connectivity index (χ4n) is 1.72. The number of benzene rings is 1. The van der Waals surface area contributed by atoms with Crippen LogP contribution in [-0.2, 0) is 17.6 Å². The van der Waals surface area contributed by atoms with Gasteiger partial charge in [0.2, 0.25) is 0 Å². The maximum absolute atomic E-state index is 10.7. The number of aliphatic hydroxyl groups is 1. The van der Waals surface area contributed by atoms with Crippen LogP contribution in [0.5, 0.6) is 0 Å². The number of aliphatic hydroxyl groups excluding tert-OH is 1. The van der Waals surface area contributed by atoms with Crippen LogP contribution >= 0.6 is 0 Å². The second-order valence-corrected chi connectivity index (χ2v) is 3.78. The number of rotatable bonds is 5. The molecule has 4 heteroatoms. The molecule has 0 aliphatic heterocycles. The Balaban J connectivity index is 3.00. The number of nitrogens with zero attached hydrogens (tertiary/aromatic N) is 1. The Hall–Kier alpha value is -1.86. The van der Waals surface area contributed by atoms with Crippen LogP contribution in [0.3, 0.4) is 0 Å². The lowest BCUT2D eigenvalue weighted by atomic mass is 9.96. The summed E-state index contributed by atoms with van der Waals surface area (Å²) in [5, 5.41) is 26.7. The molecule has 1 aromatic rings. The molecule has 0 radical (unpaired) electrons. The minimum atomic E-state index is -1.48. The Morgan fingerprint density at radius 3 is 2.71 bits per heavy atom. The van der Waals surface area contributed by atoms with E-state index in [0.29, 0.717) is 18.4 Å². The summed E-state index contributed by atoms with van der Waals surface area (Å²) in [5.74, 6) is -1.25. The summed E-state index contributed by atoms with van der Waals surface area (Å²) in [6.45, 7) is 1.96. The fourth-order valence-corrected chi connectivity index (χ4v) is 1.72. The summed E-state index contributed by atoms with van der Waals surface area (Å²) in [4.78, 5) is 10.7. The van der Waals surface area contributed by atoms with Crippen LogP contribution in [-0.4, -0.2) is 16.2 Å². The number of carboxylic acids is 1. The third-order valence-corrected chi connectivity index (χ3v) is 2.67. The van der Waals surface area contributed by atoms with E-state index in [0.717, 1.165) is 17.5 Å². The predicted octanol–water partition coefficient (Wildman–Crippen LogP) is 1.82. The van der Waals surface area contributed by atoms with Crippen molar-refractivity contribution in [1.82, 2.24) is 0 Å². The Morgan fingerprint density at radius 1 is 1.47 bits per heavy atom. The first-order chi connectivity index (χ1) is 8.10. The van der Waals surface area contributed by atoms with Crippen LogP contribution in [0, 0.1) is 11.3 Å². The highest BCUT2D eigenvalue weighted by molar-refractivity contribution is 5.74. The zero-order chi connectivity index (χ0) is 12.8. The highest BCUT2D eigenvalue weighted by atomic mass is 16.4. The second kappa shape index (κ2) is 6.02. The number of aryl methyl sites for hydroxylation is 2. The summed E-state index contributed by atoms with van der Waals surface area (Å²) < 4.78 is 0. The Kier molecular flexibility index (Phi) is 4.68. The molecule has 0 saturated carbocycles. The molecule has 0 saturated heterocycles. The van der Waals surface area contributed by atoms with Crippen LogP contribution in [0.1, 0.15) is 36.1 Å². The van der Waals surface area contributed by atoms with E-state index >= 15 is 0 Å². The molecule has 1 aromatic carbocycles. The van der Waals surface area contributed by atoms with Gasteiger partial charge in [0.25, 0.3) is 0 Å². The van der Waals surface area contributed by atoms with Crippen molar-refractivity contribution < 1.29 is 15.0 Å². The van der Waals surface area contributed by atoms with Crippen molar-refractivity contribution in [2.45, 2.75) is 32.3 Å². The van der Waals surface area contributed by atoms with E-state index in [9.17, 15) is 9.90 Å². The quantitative estimate of drug-likeness (QED) is 0.812. The van der Waals surface area contributed by atoms with Crippen molar-refractivity contribution in [3.8, 4) is 6.07 Å². The van der Waals surface area contributed by atoms with Crippen molar-refractivity contribution in [2.24, 2.45) is 0 Å². The molecule has 0 aromatic heterocycles. The number of hydrogen-bond donors (Lipinski definition) is 2. The van der Waals surface area contributed by atoms with Gasteiger partial charge in [0.1, 0.15) is 0 Å². The van der Waals surface area contributed by atoms with Gasteiger partial charge in [-0.15, -0.1) is 0 Å². The van der Waals surface area contributed by atoms with Gasteiger partial charge in [-0.1, -0.05) is 25.1 Å². The molecule has 1 rings (SSSR count). The minimum Gasteiger partial charge on any atom is -0.479 e. The molecule has 0 fully saturated rings. The lowest BCUT2D eigenvalue weighted by Crippen LogP contribution is -2.11. The van der Waals surface area contributed by atoms with E-state index in [4.69, 9.17) is 10.4 Å². The monoisotopic (exact) mass is 233 g/mol. The van der Waals surface area contributed by atoms with E-state index in [1.807, 2.05) is 6.92 Å². The smallest absolute Gasteiger partial charge is 0.337 e. The van der Waals surface area contributed by atoms with Crippen LogP contribution in [0.25, 0.3) is 0 Å². The zero-order valence-corrected chi connectivity index (χ0v) is 9.68. The molecule has 4 nitrogen and oxygen atoms in total. The lowest BCUT2D eigenvalue weighted by molar-refractivity contribution is -0.146. The third kappa shape index (κ3) is 3.30. The molecule has 0 bridgehead atoms. The summed E-state index contributed by atoms with van der Waals surface area (Å²) in [6, 6.07) is 7.17. The number of carbonyl (C=O) groups is 1. The van der Waals surface area contributed by atoms with Crippen molar-refractivity contribution in [3.63, 3.8) is 0 Å². The largest absolute Gasteiger partial charge is 0.479 e. The summed E-state index contributed by atoms with van der Waals surface area (Å²) in [5.41, 5.74) is 2.41. The third-order valence-electron chi connectivity index (χ3n) is 2.67. The molecule has 0 aliphatic carbocycles. The predicted molar refractivity (Wildman–Crippen MR) is 62.3 cm³/mol. The molecule has 1 unspecified atom stereocenters. The SMILES string of the molecule is CCc1cc(C(O)C(=O)O)ccc1CCC#N. The van der Waals surface area contributed by atoms with Gasteiger partial charge in [-0.05, 0) is 29.5 Å². The number of carboxylic acid groups (broad SMARTS) is 1. The Morgan fingerprint density at radius 2 is 2.18 bits per heavy atom. The molecular formula is C13H15NO3. The van der Waals surface area contributed by atoms with Gasteiger partial charge < -0.3 is 10.2 Å². The van der Waals surface area contributed by atoms with Gasteiger partial charge in [0.15, 0.2) is 6.10 Å². The maximum Gasteiger partial charge on any atom is 0.337 e. The minimum absolute atomic E-state index is 0.384. The molecule has 0 amide bonds. The second-order valence-electron chi connectivity index (χ2n) is 3.78. The van der Waals surface area contributed by atoms with E-state index in [2.05, 4.69) is 6.07 Å². The van der Waals surface area contributed by atoms with Crippen molar-refractivity contribution in [3.05, 3.63) is 34.9 Å². The highest BCUT2D eigenvalue weighted by Crippen LogP contribution is 2.20. The van der Waals surface area contributed by atoms with E-state index in [1.165, 1.54) is 0 Å². The molecule has 0 aliphatic rings. The Bertz CT molecular complexity index is 448. The summed E-state index contributed by atoms with van der Waals surface area (Å²) in [6.07, 6.45) is 0.364. The average molecular weight is 233 g/mol. The van der Waals surface area contributed by atoms with E-state index in [1.54, 1.807) is 18.2 Å². The summed E-state index contributed by atoms with van der Waals surface area (Å²) in [7, 11) is 0. The fraction of sp³-hybridized carbons (Fsp3) is 0.385. The molecule has 0 heterocycles. The van der Waals surface area contributed by atoms with Crippen molar-refractivity contribution in [1.29, 1.82) is 5.26 Å². The van der Waals surface area contributed by atoms with E-state index < -0.39 is 12.1 Å². The number of nitriles is 1.